The van der Waals surface area contributed by atoms with E-state index in [4.69, 9.17) is 4.74 Å². The molecule has 1 unspecified atom stereocenters. The number of ether oxygens (including phenoxy) is 1. The van der Waals surface area contributed by atoms with E-state index in [9.17, 15) is 4.79 Å². The molecule has 7 nitrogen and oxygen atoms in total. The Kier molecular flexibility index (Phi) is 6.39. The second-order valence-corrected chi connectivity index (χ2v) is 8.47. The van der Waals surface area contributed by atoms with Crippen LogP contribution in [0.25, 0.3) is 11.3 Å². The molecule has 166 valence electrons. The maximum atomic E-state index is 12.3. The number of pyridine rings is 1. The average Bonchev–Trinajstić information content (AvgIpc) is 2.85. The van der Waals surface area contributed by atoms with Crippen molar-refractivity contribution in [2.45, 2.75) is 19.1 Å². The number of aromatic nitrogens is 3. The minimum atomic E-state index is -0.0606. The van der Waals surface area contributed by atoms with Crippen molar-refractivity contribution in [3.8, 4) is 11.3 Å². The van der Waals surface area contributed by atoms with Gasteiger partial charge in [-0.3, -0.25) is 19.6 Å². The van der Waals surface area contributed by atoms with Gasteiger partial charge in [-0.15, -0.1) is 0 Å². The van der Waals surface area contributed by atoms with Crippen molar-refractivity contribution in [2.75, 3.05) is 45.9 Å². The Morgan fingerprint density at radius 3 is 2.53 bits per heavy atom. The first-order chi connectivity index (χ1) is 15.8. The SMILES string of the molecule is O=c1ccc(-c2ccncc2)nn1CCN1CCN(CC2OCCc3ccccc32)CC1. The number of hydrogen-bond donors (Lipinski definition) is 0. The van der Waals surface area contributed by atoms with Crippen molar-refractivity contribution in [1.82, 2.24) is 24.6 Å². The molecule has 2 aliphatic heterocycles. The molecular weight excluding hydrogens is 402 g/mol. The lowest BCUT2D eigenvalue weighted by molar-refractivity contribution is 0.00425. The zero-order valence-electron chi connectivity index (χ0n) is 18.3. The summed E-state index contributed by atoms with van der Waals surface area (Å²) >= 11 is 0. The lowest BCUT2D eigenvalue weighted by atomic mass is 9.97. The number of nitrogens with zero attached hydrogens (tertiary/aromatic N) is 5. The van der Waals surface area contributed by atoms with Gasteiger partial charge in [-0.2, -0.15) is 5.10 Å². The number of rotatable bonds is 6. The van der Waals surface area contributed by atoms with Crippen LogP contribution < -0.4 is 5.56 Å². The van der Waals surface area contributed by atoms with Crippen LogP contribution in [0.4, 0.5) is 0 Å². The quantitative estimate of drug-likeness (QED) is 0.597. The fraction of sp³-hybridized carbons (Fsp3) is 0.400. The molecule has 2 aromatic heterocycles. The molecule has 1 fully saturated rings. The summed E-state index contributed by atoms with van der Waals surface area (Å²) < 4.78 is 7.67. The summed E-state index contributed by atoms with van der Waals surface area (Å²) in [5.74, 6) is 0. The molecule has 3 aromatic rings. The van der Waals surface area contributed by atoms with Gasteiger partial charge in [-0.1, -0.05) is 24.3 Å². The normalized spacial score (nSPS) is 19.6. The molecule has 1 saturated heterocycles. The van der Waals surface area contributed by atoms with Crippen LogP contribution in [0, 0.1) is 0 Å². The summed E-state index contributed by atoms with van der Waals surface area (Å²) in [6.07, 6.45) is 4.66. The highest BCUT2D eigenvalue weighted by Gasteiger charge is 2.25. The van der Waals surface area contributed by atoms with Gasteiger partial charge in [0.05, 0.1) is 24.9 Å². The minimum Gasteiger partial charge on any atom is -0.372 e. The Morgan fingerprint density at radius 2 is 1.69 bits per heavy atom. The third-order valence-electron chi connectivity index (χ3n) is 6.45. The zero-order valence-corrected chi connectivity index (χ0v) is 18.3. The molecule has 0 N–H and O–H groups in total. The maximum Gasteiger partial charge on any atom is 0.266 e. The molecule has 2 aliphatic rings. The molecular formula is C25H29N5O2. The van der Waals surface area contributed by atoms with E-state index in [-0.39, 0.29) is 11.7 Å². The number of fused-ring (bicyclic) bond motifs is 1. The van der Waals surface area contributed by atoms with Gasteiger partial charge in [0, 0.05) is 63.3 Å². The molecule has 0 bridgehead atoms. The van der Waals surface area contributed by atoms with Crippen LogP contribution in [0.2, 0.25) is 0 Å². The summed E-state index contributed by atoms with van der Waals surface area (Å²) in [6.45, 7) is 7.19. The van der Waals surface area contributed by atoms with Gasteiger partial charge in [-0.25, -0.2) is 4.68 Å². The van der Waals surface area contributed by atoms with Crippen LogP contribution in [-0.4, -0.2) is 70.4 Å². The van der Waals surface area contributed by atoms with E-state index >= 15 is 0 Å². The standard InChI is InChI=1S/C25H29N5O2/c31-25-6-5-23(21-7-10-26-11-8-21)27-30(25)17-16-28-12-14-29(15-13-28)19-24-22-4-2-1-3-20(22)9-18-32-24/h1-8,10-11,24H,9,12-19H2. The smallest absolute Gasteiger partial charge is 0.266 e. The van der Waals surface area contributed by atoms with Crippen LogP contribution in [0.15, 0.2) is 65.7 Å². The largest absolute Gasteiger partial charge is 0.372 e. The van der Waals surface area contributed by atoms with Crippen molar-refractivity contribution in [1.29, 1.82) is 0 Å². The van der Waals surface area contributed by atoms with Gasteiger partial charge < -0.3 is 4.74 Å². The predicted octanol–water partition coefficient (Wildman–Crippen LogP) is 2.24. The molecule has 4 heterocycles. The molecule has 0 spiro atoms. The lowest BCUT2D eigenvalue weighted by Crippen LogP contribution is -2.49. The van der Waals surface area contributed by atoms with E-state index in [1.807, 2.05) is 12.1 Å². The highest BCUT2D eigenvalue weighted by molar-refractivity contribution is 5.56. The first-order valence-corrected chi connectivity index (χ1v) is 11.4. The van der Waals surface area contributed by atoms with Crippen molar-refractivity contribution in [2.24, 2.45) is 0 Å². The maximum absolute atomic E-state index is 12.3. The predicted molar refractivity (Wildman–Crippen MR) is 123 cm³/mol. The zero-order chi connectivity index (χ0) is 21.8. The summed E-state index contributed by atoms with van der Waals surface area (Å²) in [5, 5.41) is 4.56. The van der Waals surface area contributed by atoms with E-state index in [2.05, 4.69) is 44.1 Å². The number of hydrogen-bond acceptors (Lipinski definition) is 6. The summed E-state index contributed by atoms with van der Waals surface area (Å²) in [4.78, 5) is 21.3. The van der Waals surface area contributed by atoms with Gasteiger partial charge in [0.2, 0.25) is 0 Å². The van der Waals surface area contributed by atoms with Crippen LogP contribution in [-0.2, 0) is 17.7 Å². The third kappa shape index (κ3) is 4.80. The number of piperazine rings is 1. The van der Waals surface area contributed by atoms with Crippen molar-refractivity contribution in [3.63, 3.8) is 0 Å². The van der Waals surface area contributed by atoms with Gasteiger partial charge in [0.1, 0.15) is 0 Å². The molecule has 0 aliphatic carbocycles. The van der Waals surface area contributed by atoms with E-state index in [0.717, 1.165) is 63.6 Å². The molecule has 0 radical (unpaired) electrons. The van der Waals surface area contributed by atoms with Crippen LogP contribution in [0.3, 0.4) is 0 Å². The monoisotopic (exact) mass is 431 g/mol. The van der Waals surface area contributed by atoms with Crippen LogP contribution in [0.5, 0.6) is 0 Å². The Bertz CT molecular complexity index is 1090. The van der Waals surface area contributed by atoms with Gasteiger partial charge in [-0.05, 0) is 35.7 Å². The molecule has 7 heteroatoms. The Morgan fingerprint density at radius 1 is 0.906 bits per heavy atom. The minimum absolute atomic E-state index is 0.0606. The van der Waals surface area contributed by atoms with Crippen molar-refractivity contribution < 1.29 is 4.74 Å². The van der Waals surface area contributed by atoms with Crippen molar-refractivity contribution >= 4 is 0 Å². The molecule has 0 saturated carbocycles. The molecule has 32 heavy (non-hydrogen) atoms. The topological polar surface area (TPSA) is 63.5 Å². The van der Waals surface area contributed by atoms with E-state index < -0.39 is 0 Å². The average molecular weight is 432 g/mol. The second-order valence-electron chi connectivity index (χ2n) is 8.47. The Balaban J connectivity index is 1.14. The lowest BCUT2D eigenvalue weighted by Gasteiger charge is -2.37. The van der Waals surface area contributed by atoms with E-state index in [1.165, 1.54) is 11.1 Å². The van der Waals surface area contributed by atoms with Gasteiger partial charge >= 0.3 is 0 Å². The van der Waals surface area contributed by atoms with Gasteiger partial charge in [0.25, 0.3) is 5.56 Å². The first-order valence-electron chi connectivity index (χ1n) is 11.4. The highest BCUT2D eigenvalue weighted by atomic mass is 16.5. The molecule has 5 rings (SSSR count). The fourth-order valence-corrected chi connectivity index (χ4v) is 4.58. The molecule has 0 amide bonds. The van der Waals surface area contributed by atoms with Crippen molar-refractivity contribution in [3.05, 3.63) is 82.4 Å². The summed E-state index contributed by atoms with van der Waals surface area (Å²) in [7, 11) is 0. The van der Waals surface area contributed by atoms with Crippen LogP contribution in [0.1, 0.15) is 17.2 Å². The Hall–Kier alpha value is -2.87. The van der Waals surface area contributed by atoms with E-state index in [1.54, 1.807) is 29.2 Å². The van der Waals surface area contributed by atoms with Crippen LogP contribution >= 0.6 is 0 Å². The summed E-state index contributed by atoms with van der Waals surface area (Å²) in [6, 6.07) is 15.9. The molecule has 1 atom stereocenters. The van der Waals surface area contributed by atoms with E-state index in [0.29, 0.717) is 6.54 Å². The Labute approximate surface area is 188 Å². The third-order valence-corrected chi connectivity index (χ3v) is 6.45. The fourth-order valence-electron chi connectivity index (χ4n) is 4.58. The van der Waals surface area contributed by atoms with Gasteiger partial charge in [0.15, 0.2) is 0 Å². The highest BCUT2D eigenvalue weighted by Crippen LogP contribution is 2.27. The molecule has 1 aromatic carbocycles. The number of benzene rings is 1. The first kappa shape index (κ1) is 21.0. The second kappa shape index (κ2) is 9.73. The summed E-state index contributed by atoms with van der Waals surface area (Å²) in [5.41, 5.74) is 4.48.